The minimum atomic E-state index is -4.33. The van der Waals surface area contributed by atoms with Crippen molar-refractivity contribution in [2.75, 3.05) is 11.9 Å². The molecule has 0 saturated carbocycles. The number of carbonyl (C=O) groups excluding carboxylic acids is 1. The summed E-state index contributed by atoms with van der Waals surface area (Å²) in [6, 6.07) is 4.52. The number of hydrogen-bond acceptors (Lipinski definition) is 3. The van der Waals surface area contributed by atoms with Gasteiger partial charge in [-0.3, -0.25) is 4.79 Å². The zero-order valence-corrected chi connectivity index (χ0v) is 12.3. The van der Waals surface area contributed by atoms with Crippen molar-refractivity contribution in [3.8, 4) is 5.88 Å². The quantitative estimate of drug-likeness (QED) is 0.792. The van der Waals surface area contributed by atoms with E-state index in [1.807, 2.05) is 0 Å². The monoisotopic (exact) mass is 364 g/mol. The van der Waals surface area contributed by atoms with Gasteiger partial charge in [-0.25, -0.2) is 22.5 Å². The van der Waals surface area contributed by atoms with E-state index in [-0.39, 0.29) is 11.6 Å². The summed E-state index contributed by atoms with van der Waals surface area (Å²) in [6.07, 6.45) is -2.91. The molecule has 0 spiro atoms. The second-order valence-electron chi connectivity index (χ2n) is 4.81. The molecule has 1 amide bonds. The van der Waals surface area contributed by atoms with Gasteiger partial charge in [-0.05, 0) is 24.3 Å². The molecule has 0 atom stereocenters. The van der Waals surface area contributed by atoms with Crippen LogP contribution in [0.25, 0.3) is 0 Å². The number of amides is 1. The molecule has 0 radical (unpaired) electrons. The molecule has 2 aromatic rings. The molecular formula is C15H10F6N2O2. The molecule has 0 saturated heterocycles. The standard InChI is InChI=1S/C15H10F6N2O2/c16-8-1-3-11(17)10(5-8)13(24)23-9-2-4-12(22-6-9)25-7-15(20,21)14(18)19/h1-6,14H,7H2,(H,23,24). The summed E-state index contributed by atoms with van der Waals surface area (Å²) in [7, 11) is 0. The molecule has 0 aliphatic rings. The number of benzene rings is 1. The van der Waals surface area contributed by atoms with Gasteiger partial charge in [0.1, 0.15) is 11.6 Å². The van der Waals surface area contributed by atoms with E-state index in [4.69, 9.17) is 0 Å². The van der Waals surface area contributed by atoms with E-state index in [0.29, 0.717) is 6.07 Å². The van der Waals surface area contributed by atoms with Crippen LogP contribution in [-0.2, 0) is 0 Å². The number of halogens is 6. The first-order valence-corrected chi connectivity index (χ1v) is 6.70. The highest BCUT2D eigenvalue weighted by Crippen LogP contribution is 2.24. The number of nitrogens with one attached hydrogen (secondary N) is 1. The highest BCUT2D eigenvalue weighted by molar-refractivity contribution is 6.04. The fraction of sp³-hybridized carbons (Fsp3) is 0.200. The van der Waals surface area contributed by atoms with E-state index in [0.717, 1.165) is 30.5 Å². The summed E-state index contributed by atoms with van der Waals surface area (Å²) in [5.74, 6) is -7.43. The maximum absolute atomic E-state index is 13.5. The number of nitrogens with zero attached hydrogens (tertiary/aromatic N) is 1. The molecule has 2 rings (SSSR count). The summed E-state index contributed by atoms with van der Waals surface area (Å²) in [4.78, 5) is 15.4. The number of alkyl halides is 4. The Bertz CT molecular complexity index is 752. The van der Waals surface area contributed by atoms with Gasteiger partial charge in [0.2, 0.25) is 5.88 Å². The van der Waals surface area contributed by atoms with Gasteiger partial charge in [-0.1, -0.05) is 0 Å². The highest BCUT2D eigenvalue weighted by Gasteiger charge is 2.41. The van der Waals surface area contributed by atoms with Gasteiger partial charge in [0.25, 0.3) is 5.91 Å². The van der Waals surface area contributed by atoms with Crippen molar-refractivity contribution in [2.24, 2.45) is 0 Å². The van der Waals surface area contributed by atoms with Crippen molar-refractivity contribution in [2.45, 2.75) is 12.3 Å². The van der Waals surface area contributed by atoms with E-state index in [2.05, 4.69) is 15.0 Å². The number of rotatable bonds is 6. The molecule has 0 bridgehead atoms. The smallest absolute Gasteiger partial charge is 0.340 e. The molecule has 1 N–H and O–H groups in total. The van der Waals surface area contributed by atoms with Gasteiger partial charge in [0.05, 0.1) is 17.4 Å². The number of carbonyl (C=O) groups is 1. The average Bonchev–Trinajstić information content (AvgIpc) is 2.56. The van der Waals surface area contributed by atoms with Crippen LogP contribution in [0.2, 0.25) is 0 Å². The third kappa shape index (κ3) is 4.85. The molecule has 1 heterocycles. The van der Waals surface area contributed by atoms with Crippen LogP contribution in [0.3, 0.4) is 0 Å². The van der Waals surface area contributed by atoms with Crippen LogP contribution >= 0.6 is 0 Å². The van der Waals surface area contributed by atoms with Crippen LogP contribution in [0.1, 0.15) is 10.4 Å². The van der Waals surface area contributed by atoms with E-state index in [1.165, 1.54) is 0 Å². The zero-order chi connectivity index (χ0) is 18.6. The molecule has 1 aromatic heterocycles. The Morgan fingerprint density at radius 3 is 2.52 bits per heavy atom. The Kier molecular flexibility index (Phi) is 5.50. The van der Waals surface area contributed by atoms with Crippen molar-refractivity contribution in [1.29, 1.82) is 0 Å². The first-order valence-electron chi connectivity index (χ1n) is 6.70. The predicted molar refractivity (Wildman–Crippen MR) is 75.0 cm³/mol. The fourth-order valence-corrected chi connectivity index (χ4v) is 1.64. The lowest BCUT2D eigenvalue weighted by molar-refractivity contribution is -0.148. The number of hydrogen-bond donors (Lipinski definition) is 1. The first kappa shape index (κ1) is 18.6. The van der Waals surface area contributed by atoms with Gasteiger partial charge in [-0.15, -0.1) is 0 Å². The third-order valence-electron chi connectivity index (χ3n) is 2.90. The average molecular weight is 364 g/mol. The van der Waals surface area contributed by atoms with E-state index >= 15 is 0 Å². The number of aromatic nitrogens is 1. The molecular weight excluding hydrogens is 354 g/mol. The molecule has 25 heavy (non-hydrogen) atoms. The lowest BCUT2D eigenvalue weighted by atomic mass is 10.2. The molecule has 1 aromatic carbocycles. The van der Waals surface area contributed by atoms with Crippen molar-refractivity contribution in [1.82, 2.24) is 4.98 Å². The predicted octanol–water partition coefficient (Wildman–Crippen LogP) is 3.89. The third-order valence-corrected chi connectivity index (χ3v) is 2.90. The normalized spacial score (nSPS) is 11.5. The molecule has 10 heteroatoms. The first-order chi connectivity index (χ1) is 11.7. The topological polar surface area (TPSA) is 51.2 Å². The Hall–Kier alpha value is -2.78. The number of pyridine rings is 1. The molecule has 0 unspecified atom stereocenters. The molecule has 0 fully saturated rings. The minimum Gasteiger partial charge on any atom is -0.471 e. The SMILES string of the molecule is O=C(Nc1ccc(OCC(F)(F)C(F)F)nc1)c1cc(F)ccc1F. The van der Waals surface area contributed by atoms with Crippen LogP contribution in [0, 0.1) is 11.6 Å². The summed E-state index contributed by atoms with van der Waals surface area (Å²) in [5.41, 5.74) is -0.515. The van der Waals surface area contributed by atoms with Gasteiger partial charge in [-0.2, -0.15) is 8.78 Å². The van der Waals surface area contributed by atoms with Crippen LogP contribution in [0.15, 0.2) is 36.5 Å². The maximum atomic E-state index is 13.5. The lowest BCUT2D eigenvalue weighted by Crippen LogP contribution is -2.33. The summed E-state index contributed by atoms with van der Waals surface area (Å²) < 4.78 is 80.4. The summed E-state index contributed by atoms with van der Waals surface area (Å²) in [6.45, 7) is -1.57. The van der Waals surface area contributed by atoms with Crippen molar-refractivity contribution in [3.05, 3.63) is 53.7 Å². The minimum absolute atomic E-state index is 0.0293. The summed E-state index contributed by atoms with van der Waals surface area (Å²) >= 11 is 0. The van der Waals surface area contributed by atoms with Gasteiger partial charge < -0.3 is 10.1 Å². The second-order valence-corrected chi connectivity index (χ2v) is 4.81. The Balaban J connectivity index is 2.00. The molecule has 4 nitrogen and oxygen atoms in total. The van der Waals surface area contributed by atoms with Crippen LogP contribution in [-0.4, -0.2) is 29.8 Å². The lowest BCUT2D eigenvalue weighted by Gasteiger charge is -2.15. The van der Waals surface area contributed by atoms with Gasteiger partial charge in [0.15, 0.2) is 6.61 Å². The zero-order valence-electron chi connectivity index (χ0n) is 12.3. The van der Waals surface area contributed by atoms with Gasteiger partial charge in [0, 0.05) is 6.07 Å². The molecule has 0 aliphatic carbocycles. The van der Waals surface area contributed by atoms with Crippen molar-refractivity contribution < 1.29 is 35.9 Å². The Labute approximate surface area is 137 Å². The number of ether oxygens (including phenoxy) is 1. The number of anilines is 1. The van der Waals surface area contributed by atoms with E-state index in [1.54, 1.807) is 0 Å². The largest absolute Gasteiger partial charge is 0.471 e. The fourth-order valence-electron chi connectivity index (χ4n) is 1.64. The second kappa shape index (κ2) is 7.41. The summed E-state index contributed by atoms with van der Waals surface area (Å²) in [5, 5.41) is 2.21. The Morgan fingerprint density at radius 1 is 1.20 bits per heavy atom. The van der Waals surface area contributed by atoms with Crippen molar-refractivity contribution >= 4 is 11.6 Å². The maximum Gasteiger partial charge on any atom is 0.340 e. The van der Waals surface area contributed by atoms with Crippen LogP contribution in [0.5, 0.6) is 5.88 Å². The Morgan fingerprint density at radius 2 is 1.92 bits per heavy atom. The van der Waals surface area contributed by atoms with Crippen LogP contribution in [0.4, 0.5) is 32.0 Å². The van der Waals surface area contributed by atoms with E-state index < -0.39 is 42.1 Å². The van der Waals surface area contributed by atoms with Crippen LogP contribution < -0.4 is 10.1 Å². The highest BCUT2D eigenvalue weighted by atomic mass is 19.3. The van der Waals surface area contributed by atoms with Gasteiger partial charge >= 0.3 is 12.3 Å². The van der Waals surface area contributed by atoms with Crippen molar-refractivity contribution in [3.63, 3.8) is 0 Å². The molecule has 134 valence electrons. The molecule has 0 aliphatic heterocycles. The van der Waals surface area contributed by atoms with E-state index in [9.17, 15) is 31.1 Å².